The van der Waals surface area contributed by atoms with E-state index in [9.17, 15) is 4.79 Å². The molecule has 0 bridgehead atoms. The van der Waals surface area contributed by atoms with E-state index in [2.05, 4.69) is 15.5 Å². The topological polar surface area (TPSA) is 83.8 Å². The van der Waals surface area contributed by atoms with Gasteiger partial charge in [-0.25, -0.2) is 0 Å². The summed E-state index contributed by atoms with van der Waals surface area (Å²) in [6.07, 6.45) is 3.75. The van der Waals surface area contributed by atoms with Gasteiger partial charge in [0.1, 0.15) is 0 Å². The molecule has 3 aromatic rings. The van der Waals surface area contributed by atoms with Crippen molar-refractivity contribution in [1.82, 2.24) is 10.2 Å². The molecule has 1 amide bonds. The Hall–Kier alpha value is -1.79. The quantitative estimate of drug-likeness (QED) is 0.476. The van der Waals surface area contributed by atoms with Gasteiger partial charge in [-0.3, -0.25) is 9.89 Å². The number of anilines is 1. The number of carbonyl (C=O) groups is 1. The number of fused-ring (bicyclic) bond motifs is 1. The number of H-pyrrole nitrogens is 1. The zero-order valence-electron chi connectivity index (χ0n) is 15.8. The number of halogens is 3. The van der Waals surface area contributed by atoms with Crippen LogP contribution in [0.4, 0.5) is 5.82 Å². The van der Waals surface area contributed by atoms with E-state index < -0.39 is 0 Å². The molecule has 0 aliphatic heterocycles. The predicted octanol–water partition coefficient (Wildman–Crippen LogP) is 5.66. The predicted molar refractivity (Wildman–Crippen MR) is 122 cm³/mol. The highest BCUT2D eigenvalue weighted by molar-refractivity contribution is 6.39. The molecule has 1 fully saturated rings. The van der Waals surface area contributed by atoms with Gasteiger partial charge >= 0.3 is 0 Å². The van der Waals surface area contributed by atoms with Gasteiger partial charge in [-0.2, -0.15) is 5.10 Å². The average molecular weight is 454 g/mol. The van der Waals surface area contributed by atoms with Crippen molar-refractivity contribution >= 4 is 58.2 Å². The van der Waals surface area contributed by atoms with E-state index in [0.717, 1.165) is 47.7 Å². The van der Waals surface area contributed by atoms with Crippen LogP contribution in [-0.2, 0) is 4.79 Å². The third-order valence-electron chi connectivity index (χ3n) is 5.61. The first-order chi connectivity index (χ1) is 13.6. The molecule has 0 radical (unpaired) electrons. The number of rotatable bonds is 4. The van der Waals surface area contributed by atoms with Crippen molar-refractivity contribution in [3.63, 3.8) is 0 Å². The molecule has 5 nitrogen and oxygen atoms in total. The molecular formula is C21H23Cl3N4O. The van der Waals surface area contributed by atoms with Crippen LogP contribution in [0.3, 0.4) is 0 Å². The molecule has 0 atom stereocenters. The lowest BCUT2D eigenvalue weighted by Gasteiger charge is -2.26. The monoisotopic (exact) mass is 452 g/mol. The summed E-state index contributed by atoms with van der Waals surface area (Å²) in [7, 11) is 0. The van der Waals surface area contributed by atoms with Crippen LogP contribution in [0.5, 0.6) is 0 Å². The number of hydrogen-bond acceptors (Lipinski definition) is 3. The van der Waals surface area contributed by atoms with Crippen LogP contribution in [0.1, 0.15) is 25.7 Å². The van der Waals surface area contributed by atoms with Crippen LogP contribution in [-0.4, -0.2) is 22.6 Å². The van der Waals surface area contributed by atoms with Gasteiger partial charge in [-0.15, -0.1) is 12.4 Å². The number of amides is 1. The van der Waals surface area contributed by atoms with E-state index in [0.29, 0.717) is 28.3 Å². The summed E-state index contributed by atoms with van der Waals surface area (Å²) in [5, 5.41) is 12.3. The fourth-order valence-corrected chi connectivity index (χ4v) is 4.53. The number of aromatic nitrogens is 2. The molecule has 0 spiro atoms. The molecule has 1 aliphatic rings. The van der Waals surface area contributed by atoms with E-state index >= 15 is 0 Å². The van der Waals surface area contributed by atoms with Crippen molar-refractivity contribution in [2.45, 2.75) is 25.7 Å². The largest absolute Gasteiger partial charge is 0.330 e. The van der Waals surface area contributed by atoms with Gasteiger partial charge in [-0.1, -0.05) is 35.3 Å². The van der Waals surface area contributed by atoms with Crippen LogP contribution in [0.15, 0.2) is 36.4 Å². The Morgan fingerprint density at radius 1 is 1.14 bits per heavy atom. The Kier molecular flexibility index (Phi) is 7.06. The van der Waals surface area contributed by atoms with Crippen LogP contribution in [0.25, 0.3) is 22.0 Å². The number of nitrogens with two attached hydrogens (primary N) is 1. The maximum Gasteiger partial charge on any atom is 0.228 e. The van der Waals surface area contributed by atoms with Crippen molar-refractivity contribution in [1.29, 1.82) is 0 Å². The Balaban J connectivity index is 0.00000240. The van der Waals surface area contributed by atoms with Crippen LogP contribution in [0.2, 0.25) is 10.0 Å². The van der Waals surface area contributed by atoms with Crippen molar-refractivity contribution < 1.29 is 4.79 Å². The highest BCUT2D eigenvalue weighted by Crippen LogP contribution is 2.37. The van der Waals surface area contributed by atoms with Crippen molar-refractivity contribution in [2.75, 3.05) is 11.9 Å². The number of aromatic amines is 1. The second kappa shape index (κ2) is 9.35. The summed E-state index contributed by atoms with van der Waals surface area (Å²) in [5.74, 6) is 1.10. The number of nitrogens with zero attached hydrogens (tertiary/aromatic N) is 1. The van der Waals surface area contributed by atoms with E-state index in [4.69, 9.17) is 28.9 Å². The van der Waals surface area contributed by atoms with Gasteiger partial charge in [0.15, 0.2) is 5.82 Å². The molecule has 1 saturated carbocycles. The maximum atomic E-state index is 12.7. The van der Waals surface area contributed by atoms with E-state index in [1.54, 1.807) is 0 Å². The average Bonchev–Trinajstić information content (AvgIpc) is 3.10. The standard InChI is InChI=1S/C21H22Cl2N4O.ClH/c22-16-2-1-3-17(23)19(16)14-8-9-18-15(10-14)20(27-26-18)25-21(28)13-6-4-12(11-24)5-7-13;/h1-3,8-10,12-13H,4-7,11,24H2,(H2,25,26,27,28);1H. The molecule has 1 aliphatic carbocycles. The Labute approximate surface area is 185 Å². The fourth-order valence-electron chi connectivity index (χ4n) is 3.92. The van der Waals surface area contributed by atoms with Crippen molar-refractivity contribution in [3.8, 4) is 11.1 Å². The van der Waals surface area contributed by atoms with E-state index in [1.807, 2.05) is 36.4 Å². The number of hydrogen-bond donors (Lipinski definition) is 3. The second-order valence-electron chi connectivity index (χ2n) is 7.37. The lowest BCUT2D eigenvalue weighted by atomic mass is 9.81. The third-order valence-corrected chi connectivity index (χ3v) is 6.24. The van der Waals surface area contributed by atoms with Gasteiger partial charge < -0.3 is 11.1 Å². The lowest BCUT2D eigenvalue weighted by Crippen LogP contribution is -2.29. The first kappa shape index (κ1) is 21.9. The van der Waals surface area contributed by atoms with E-state index in [1.165, 1.54) is 0 Å². The van der Waals surface area contributed by atoms with Gasteiger partial charge in [-0.05, 0) is 68.0 Å². The molecule has 8 heteroatoms. The van der Waals surface area contributed by atoms with Crippen LogP contribution in [0, 0.1) is 11.8 Å². The summed E-state index contributed by atoms with van der Waals surface area (Å²) < 4.78 is 0. The highest BCUT2D eigenvalue weighted by atomic mass is 35.5. The molecule has 0 unspecified atom stereocenters. The van der Waals surface area contributed by atoms with Crippen molar-refractivity contribution in [2.24, 2.45) is 17.6 Å². The molecule has 1 heterocycles. The van der Waals surface area contributed by atoms with Gasteiger partial charge in [0.05, 0.1) is 5.52 Å². The van der Waals surface area contributed by atoms with Gasteiger partial charge in [0.2, 0.25) is 5.91 Å². The zero-order valence-corrected chi connectivity index (χ0v) is 18.1. The first-order valence-electron chi connectivity index (χ1n) is 9.50. The van der Waals surface area contributed by atoms with Crippen molar-refractivity contribution in [3.05, 3.63) is 46.4 Å². The fraction of sp³-hybridized carbons (Fsp3) is 0.333. The molecular weight excluding hydrogens is 431 g/mol. The smallest absolute Gasteiger partial charge is 0.228 e. The van der Waals surface area contributed by atoms with Crippen LogP contribution < -0.4 is 11.1 Å². The highest BCUT2D eigenvalue weighted by Gasteiger charge is 2.26. The SMILES string of the molecule is Cl.NCC1CCC(C(=O)Nc2n[nH]c3ccc(-c4c(Cl)cccc4Cl)cc23)CC1. The molecule has 154 valence electrons. The second-order valence-corrected chi connectivity index (χ2v) is 8.19. The molecule has 0 saturated heterocycles. The Morgan fingerprint density at radius 3 is 2.48 bits per heavy atom. The van der Waals surface area contributed by atoms with Gasteiger partial charge in [0, 0.05) is 26.9 Å². The Bertz CT molecular complexity index is 992. The molecule has 4 rings (SSSR count). The number of carbonyl (C=O) groups excluding carboxylic acids is 1. The normalized spacial score (nSPS) is 19.0. The van der Waals surface area contributed by atoms with Gasteiger partial charge in [0.25, 0.3) is 0 Å². The minimum atomic E-state index is 0. The van der Waals surface area contributed by atoms with E-state index in [-0.39, 0.29) is 24.2 Å². The molecule has 2 aromatic carbocycles. The molecule has 29 heavy (non-hydrogen) atoms. The lowest BCUT2D eigenvalue weighted by molar-refractivity contribution is -0.121. The first-order valence-corrected chi connectivity index (χ1v) is 10.3. The minimum Gasteiger partial charge on any atom is -0.330 e. The number of nitrogens with one attached hydrogen (secondary N) is 2. The summed E-state index contributed by atoms with van der Waals surface area (Å²) in [4.78, 5) is 12.7. The summed E-state index contributed by atoms with van der Waals surface area (Å²) in [6, 6.07) is 11.2. The van der Waals surface area contributed by atoms with Crippen LogP contribution >= 0.6 is 35.6 Å². The molecule has 1 aromatic heterocycles. The zero-order chi connectivity index (χ0) is 19.7. The maximum absolute atomic E-state index is 12.7. The molecule has 4 N–H and O–H groups in total. The summed E-state index contributed by atoms with van der Waals surface area (Å²) >= 11 is 12.7. The minimum absolute atomic E-state index is 0. The Morgan fingerprint density at radius 2 is 1.83 bits per heavy atom. The number of benzene rings is 2. The third kappa shape index (κ3) is 4.53. The summed E-state index contributed by atoms with van der Waals surface area (Å²) in [5.41, 5.74) is 8.24. The summed E-state index contributed by atoms with van der Waals surface area (Å²) in [6.45, 7) is 0.700.